The van der Waals surface area contributed by atoms with E-state index >= 15 is 0 Å². The number of rotatable bonds is 4. The molecule has 0 aliphatic carbocycles. The molecule has 1 N–H and O–H groups in total. The largest absolute Gasteiger partial charge is 0.493 e. The van der Waals surface area contributed by atoms with Crippen LogP contribution in [-0.4, -0.2) is 24.2 Å². The summed E-state index contributed by atoms with van der Waals surface area (Å²) in [7, 11) is 1.42. The van der Waals surface area contributed by atoms with Crippen molar-refractivity contribution in [2.75, 3.05) is 7.11 Å². The molecule has 1 fully saturated rings. The van der Waals surface area contributed by atoms with Gasteiger partial charge in [-0.25, -0.2) is 4.79 Å². The number of methoxy groups -OCH3 is 1. The molecule has 1 saturated heterocycles. The normalized spacial score (nSPS) is 15.0. The molecule has 138 valence electrons. The Morgan fingerprint density at radius 2 is 1.89 bits per heavy atom. The van der Waals surface area contributed by atoms with Gasteiger partial charge in [-0.05, 0) is 53.7 Å². The van der Waals surface area contributed by atoms with E-state index in [4.69, 9.17) is 32.7 Å². The molecule has 0 aromatic heterocycles. The predicted octanol–water partition coefficient (Wildman–Crippen LogP) is 4.55. The summed E-state index contributed by atoms with van der Waals surface area (Å²) in [6.45, 7) is 0. The van der Waals surface area contributed by atoms with E-state index in [1.807, 2.05) is 0 Å². The summed E-state index contributed by atoms with van der Waals surface area (Å²) in [5, 5.41) is 2.32. The Balaban J connectivity index is 1.84. The number of hydrogen-bond acceptors (Lipinski definition) is 6. The number of nitrogens with one attached hydrogen (secondary N) is 1. The highest BCUT2D eigenvalue weighted by Crippen LogP contribution is 2.32. The monoisotopic (exact) mass is 423 g/mol. The maximum atomic E-state index is 12.3. The molecule has 2 aromatic rings. The lowest BCUT2D eigenvalue weighted by Gasteiger charge is -2.11. The van der Waals surface area contributed by atoms with Crippen molar-refractivity contribution < 1.29 is 23.9 Å². The van der Waals surface area contributed by atoms with E-state index in [0.29, 0.717) is 10.6 Å². The molecule has 6 nitrogen and oxygen atoms in total. The number of thioether (sulfide) groups is 1. The SMILES string of the molecule is COc1cc(/C=C2\SC(=O)NC2=O)ccc1OC(=O)c1ccc(Cl)cc1Cl. The van der Waals surface area contributed by atoms with Crippen LogP contribution in [0.2, 0.25) is 10.0 Å². The van der Waals surface area contributed by atoms with Crippen LogP contribution in [0.25, 0.3) is 6.08 Å². The molecule has 3 rings (SSSR count). The number of ether oxygens (including phenoxy) is 2. The van der Waals surface area contributed by atoms with Gasteiger partial charge in [-0.15, -0.1) is 0 Å². The van der Waals surface area contributed by atoms with Crippen LogP contribution >= 0.6 is 35.0 Å². The van der Waals surface area contributed by atoms with E-state index in [2.05, 4.69) is 5.32 Å². The Hall–Kier alpha value is -2.48. The fraction of sp³-hybridized carbons (Fsp3) is 0.0556. The Morgan fingerprint density at radius 1 is 1.11 bits per heavy atom. The quantitative estimate of drug-likeness (QED) is 0.441. The maximum absolute atomic E-state index is 12.3. The standard InChI is InChI=1S/C18H11Cl2NO5S/c1-25-14-6-9(7-15-16(22)21-18(24)27-15)2-5-13(14)26-17(23)11-4-3-10(19)8-12(11)20/h2-8H,1H3,(H,21,22,24)/b15-7-. The highest BCUT2D eigenvalue weighted by Gasteiger charge is 2.25. The predicted molar refractivity (Wildman–Crippen MR) is 104 cm³/mol. The van der Waals surface area contributed by atoms with Gasteiger partial charge < -0.3 is 9.47 Å². The number of carbonyl (C=O) groups excluding carboxylic acids is 3. The van der Waals surface area contributed by atoms with Crippen LogP contribution in [0.1, 0.15) is 15.9 Å². The Kier molecular flexibility index (Phi) is 5.74. The summed E-state index contributed by atoms with van der Waals surface area (Å²) in [4.78, 5) is 35.5. The second kappa shape index (κ2) is 8.04. The van der Waals surface area contributed by atoms with Crippen LogP contribution in [0.3, 0.4) is 0 Å². The molecule has 0 saturated carbocycles. The van der Waals surface area contributed by atoms with Crippen molar-refractivity contribution in [2.45, 2.75) is 0 Å². The van der Waals surface area contributed by atoms with Crippen molar-refractivity contribution in [2.24, 2.45) is 0 Å². The second-order valence-corrected chi connectivity index (χ2v) is 7.13. The molecule has 9 heteroatoms. The molecule has 0 unspecified atom stereocenters. The molecule has 0 atom stereocenters. The van der Waals surface area contributed by atoms with Gasteiger partial charge in [0.25, 0.3) is 11.1 Å². The van der Waals surface area contributed by atoms with Gasteiger partial charge in [0.1, 0.15) is 0 Å². The molecule has 27 heavy (non-hydrogen) atoms. The molecule has 0 radical (unpaired) electrons. The summed E-state index contributed by atoms with van der Waals surface area (Å²) >= 11 is 12.6. The molecule has 0 bridgehead atoms. The van der Waals surface area contributed by atoms with Crippen molar-refractivity contribution in [3.05, 3.63) is 62.5 Å². The molecule has 0 spiro atoms. The number of benzene rings is 2. The Labute approximate surface area is 168 Å². The van der Waals surface area contributed by atoms with Crippen molar-refractivity contribution in [3.8, 4) is 11.5 Å². The van der Waals surface area contributed by atoms with Crippen LogP contribution in [0.15, 0.2) is 41.3 Å². The average Bonchev–Trinajstić information content (AvgIpc) is 2.93. The summed E-state index contributed by atoms with van der Waals surface area (Å²) in [5.41, 5.74) is 0.760. The first-order valence-corrected chi connectivity index (χ1v) is 9.05. The first-order valence-electron chi connectivity index (χ1n) is 7.47. The highest BCUT2D eigenvalue weighted by molar-refractivity contribution is 8.18. The van der Waals surface area contributed by atoms with Crippen molar-refractivity contribution in [1.29, 1.82) is 0 Å². The van der Waals surface area contributed by atoms with Crippen LogP contribution in [-0.2, 0) is 4.79 Å². The van der Waals surface area contributed by atoms with Crippen molar-refractivity contribution in [1.82, 2.24) is 5.32 Å². The number of imide groups is 1. The van der Waals surface area contributed by atoms with E-state index < -0.39 is 17.1 Å². The zero-order chi connectivity index (χ0) is 19.6. The fourth-order valence-corrected chi connectivity index (χ4v) is 3.41. The second-order valence-electron chi connectivity index (χ2n) is 5.28. The van der Waals surface area contributed by atoms with Gasteiger partial charge >= 0.3 is 5.97 Å². The smallest absolute Gasteiger partial charge is 0.345 e. The molecule has 1 heterocycles. The number of esters is 1. The molecule has 2 amide bonds. The van der Waals surface area contributed by atoms with E-state index in [9.17, 15) is 14.4 Å². The zero-order valence-corrected chi connectivity index (χ0v) is 16.1. The van der Waals surface area contributed by atoms with Crippen LogP contribution in [0.5, 0.6) is 11.5 Å². The summed E-state index contributed by atoms with van der Waals surface area (Å²) in [5.74, 6) is -0.679. The molecule has 1 aliphatic heterocycles. The highest BCUT2D eigenvalue weighted by atomic mass is 35.5. The third kappa shape index (κ3) is 4.44. The van der Waals surface area contributed by atoms with E-state index in [0.717, 1.165) is 11.8 Å². The zero-order valence-electron chi connectivity index (χ0n) is 13.7. The maximum Gasteiger partial charge on any atom is 0.345 e. The van der Waals surface area contributed by atoms with Gasteiger partial charge in [0.15, 0.2) is 11.5 Å². The van der Waals surface area contributed by atoms with Crippen molar-refractivity contribution >= 4 is 58.2 Å². The lowest BCUT2D eigenvalue weighted by molar-refractivity contribution is -0.115. The van der Waals surface area contributed by atoms with Gasteiger partial charge in [0.2, 0.25) is 0 Å². The topological polar surface area (TPSA) is 81.7 Å². The lowest BCUT2D eigenvalue weighted by atomic mass is 10.1. The van der Waals surface area contributed by atoms with Gasteiger partial charge in [-0.1, -0.05) is 29.3 Å². The minimum Gasteiger partial charge on any atom is -0.493 e. The Morgan fingerprint density at radius 3 is 2.52 bits per heavy atom. The molecular formula is C18H11Cl2NO5S. The molecule has 2 aromatic carbocycles. The van der Waals surface area contributed by atoms with Crippen LogP contribution < -0.4 is 14.8 Å². The molecule has 1 aliphatic rings. The summed E-state index contributed by atoms with van der Waals surface area (Å²) in [6, 6.07) is 9.16. The number of hydrogen-bond donors (Lipinski definition) is 1. The van der Waals surface area contributed by atoms with E-state index in [1.165, 1.54) is 37.5 Å². The fourth-order valence-electron chi connectivity index (χ4n) is 2.24. The third-order valence-corrected chi connectivity index (χ3v) is 4.84. The average molecular weight is 424 g/mol. The first kappa shape index (κ1) is 19.3. The number of amides is 2. The van der Waals surface area contributed by atoms with Gasteiger partial charge in [0, 0.05) is 5.02 Å². The van der Waals surface area contributed by atoms with E-state index in [-0.39, 0.29) is 27.0 Å². The third-order valence-electron chi connectivity index (χ3n) is 3.48. The molecular weight excluding hydrogens is 413 g/mol. The van der Waals surface area contributed by atoms with E-state index in [1.54, 1.807) is 12.1 Å². The van der Waals surface area contributed by atoms with Gasteiger partial charge in [-0.2, -0.15) is 0 Å². The first-order chi connectivity index (χ1) is 12.9. The summed E-state index contributed by atoms with van der Waals surface area (Å²) < 4.78 is 10.6. The van der Waals surface area contributed by atoms with Gasteiger partial charge in [0.05, 0.1) is 22.6 Å². The van der Waals surface area contributed by atoms with Gasteiger partial charge in [-0.3, -0.25) is 14.9 Å². The number of carbonyl (C=O) groups is 3. The minimum atomic E-state index is -0.669. The van der Waals surface area contributed by atoms with Crippen LogP contribution in [0.4, 0.5) is 4.79 Å². The lowest BCUT2D eigenvalue weighted by Crippen LogP contribution is -2.17. The minimum absolute atomic E-state index is 0.159. The Bertz CT molecular complexity index is 990. The van der Waals surface area contributed by atoms with Crippen molar-refractivity contribution in [3.63, 3.8) is 0 Å². The van der Waals surface area contributed by atoms with Crippen LogP contribution in [0, 0.1) is 0 Å². The number of halogens is 2. The summed E-state index contributed by atoms with van der Waals surface area (Å²) in [6.07, 6.45) is 1.54.